The third-order valence-electron chi connectivity index (χ3n) is 5.24. The van der Waals surface area contributed by atoms with Crippen molar-refractivity contribution in [2.45, 2.75) is 38.6 Å². The normalized spacial score (nSPS) is 19.8. The molecule has 2 saturated heterocycles. The molecule has 0 saturated carbocycles. The molecule has 0 bridgehead atoms. The molecule has 1 aromatic rings. The zero-order valence-corrected chi connectivity index (χ0v) is 16.3. The molecule has 0 aliphatic carbocycles. The minimum Gasteiger partial charge on any atom is -0.349 e. The molecule has 25 heavy (non-hydrogen) atoms. The Kier molecular flexibility index (Phi) is 5.99. The first-order chi connectivity index (χ1) is 12.1. The molecule has 2 aliphatic rings. The predicted octanol–water partition coefficient (Wildman–Crippen LogP) is 3.55. The molecule has 1 atom stereocenters. The first-order valence-electron chi connectivity index (χ1n) is 9.15. The summed E-state index contributed by atoms with van der Waals surface area (Å²) in [5.41, 5.74) is 1.08. The van der Waals surface area contributed by atoms with Crippen molar-refractivity contribution in [1.29, 1.82) is 0 Å². The summed E-state index contributed by atoms with van der Waals surface area (Å²) >= 11 is 3.54. The molecular formula is C19H26BrN3O2. The lowest BCUT2D eigenvalue weighted by Crippen LogP contribution is -2.47. The second-order valence-electron chi connectivity index (χ2n) is 6.99. The van der Waals surface area contributed by atoms with Gasteiger partial charge in [-0.1, -0.05) is 34.1 Å². The maximum absolute atomic E-state index is 12.6. The van der Waals surface area contributed by atoms with Crippen LogP contribution < -0.4 is 5.32 Å². The monoisotopic (exact) mass is 407 g/mol. The molecule has 1 N–H and O–H groups in total. The van der Waals surface area contributed by atoms with Gasteiger partial charge in [-0.25, -0.2) is 4.79 Å². The van der Waals surface area contributed by atoms with E-state index in [2.05, 4.69) is 21.2 Å². The summed E-state index contributed by atoms with van der Waals surface area (Å²) in [6.45, 7) is 5.11. The van der Waals surface area contributed by atoms with E-state index in [1.165, 1.54) is 0 Å². The van der Waals surface area contributed by atoms with Gasteiger partial charge in [0.2, 0.25) is 5.91 Å². The van der Waals surface area contributed by atoms with Crippen molar-refractivity contribution in [2.75, 3.05) is 26.2 Å². The van der Waals surface area contributed by atoms with Crippen LogP contribution in [0.2, 0.25) is 0 Å². The molecule has 0 spiro atoms. The Labute approximate surface area is 157 Å². The highest BCUT2D eigenvalue weighted by Crippen LogP contribution is 2.25. The van der Waals surface area contributed by atoms with Crippen molar-refractivity contribution in [3.63, 3.8) is 0 Å². The first-order valence-corrected chi connectivity index (χ1v) is 9.94. The van der Waals surface area contributed by atoms with Gasteiger partial charge in [0, 0.05) is 36.6 Å². The summed E-state index contributed by atoms with van der Waals surface area (Å²) < 4.78 is 1.01. The fourth-order valence-electron chi connectivity index (χ4n) is 3.68. The van der Waals surface area contributed by atoms with Crippen LogP contribution in [0.1, 0.15) is 44.2 Å². The largest absolute Gasteiger partial charge is 0.349 e. The molecule has 136 valence electrons. The van der Waals surface area contributed by atoms with E-state index < -0.39 is 0 Å². The van der Waals surface area contributed by atoms with Crippen LogP contribution in [0.4, 0.5) is 4.79 Å². The number of rotatable bonds is 3. The molecular weight excluding hydrogens is 382 g/mol. The lowest BCUT2D eigenvalue weighted by atomic mass is 9.95. The van der Waals surface area contributed by atoms with Crippen LogP contribution in [-0.4, -0.2) is 47.9 Å². The Morgan fingerprint density at radius 2 is 1.68 bits per heavy atom. The maximum atomic E-state index is 12.6. The molecule has 0 radical (unpaired) electrons. The molecule has 3 rings (SSSR count). The maximum Gasteiger partial charge on any atom is 0.319 e. The third-order valence-corrected chi connectivity index (χ3v) is 5.97. The highest BCUT2D eigenvalue weighted by molar-refractivity contribution is 9.10. The van der Waals surface area contributed by atoms with Gasteiger partial charge in [0.05, 0.1) is 6.04 Å². The van der Waals surface area contributed by atoms with Gasteiger partial charge in [0.1, 0.15) is 0 Å². The van der Waals surface area contributed by atoms with Crippen molar-refractivity contribution < 1.29 is 9.59 Å². The molecule has 1 aromatic carbocycles. The molecule has 2 heterocycles. The summed E-state index contributed by atoms with van der Waals surface area (Å²) in [4.78, 5) is 28.9. The third kappa shape index (κ3) is 4.35. The van der Waals surface area contributed by atoms with Crippen LogP contribution >= 0.6 is 15.9 Å². The SMILES string of the molecule is CC(NC(=O)C1CCN(C(=O)N2CCCC2)CC1)c1ccccc1Br. The summed E-state index contributed by atoms with van der Waals surface area (Å²) in [6, 6.07) is 8.07. The Balaban J connectivity index is 1.50. The number of piperidine rings is 1. The van der Waals surface area contributed by atoms with E-state index in [9.17, 15) is 9.59 Å². The molecule has 1 unspecified atom stereocenters. The minimum atomic E-state index is -0.0349. The second kappa shape index (κ2) is 8.21. The Bertz CT molecular complexity index is 623. The van der Waals surface area contributed by atoms with E-state index >= 15 is 0 Å². The van der Waals surface area contributed by atoms with Crippen LogP contribution in [0.25, 0.3) is 0 Å². The number of nitrogens with zero attached hydrogens (tertiary/aromatic N) is 2. The lowest BCUT2D eigenvalue weighted by Gasteiger charge is -2.34. The second-order valence-corrected chi connectivity index (χ2v) is 7.84. The fraction of sp³-hybridized carbons (Fsp3) is 0.579. The average Bonchev–Trinajstić information content (AvgIpc) is 3.16. The highest BCUT2D eigenvalue weighted by Gasteiger charge is 2.31. The number of amides is 3. The van der Waals surface area contributed by atoms with E-state index in [-0.39, 0.29) is 23.9 Å². The van der Waals surface area contributed by atoms with E-state index in [1.807, 2.05) is 41.0 Å². The lowest BCUT2D eigenvalue weighted by molar-refractivity contribution is -0.126. The van der Waals surface area contributed by atoms with Gasteiger partial charge < -0.3 is 15.1 Å². The number of halogens is 1. The van der Waals surface area contributed by atoms with Crippen molar-refractivity contribution in [3.05, 3.63) is 34.3 Å². The molecule has 2 fully saturated rings. The topological polar surface area (TPSA) is 52.7 Å². The average molecular weight is 408 g/mol. The number of carbonyl (C=O) groups is 2. The summed E-state index contributed by atoms with van der Waals surface area (Å²) in [6.07, 6.45) is 3.71. The van der Waals surface area contributed by atoms with Gasteiger partial charge in [-0.3, -0.25) is 4.79 Å². The first kappa shape index (κ1) is 18.2. The standard InChI is InChI=1S/C19H26BrN3O2/c1-14(16-6-2-3-7-17(16)20)21-18(24)15-8-12-23(13-9-15)19(25)22-10-4-5-11-22/h2-3,6-7,14-15H,4-5,8-13H2,1H3,(H,21,24). The van der Waals surface area contributed by atoms with Crippen LogP contribution in [0.5, 0.6) is 0 Å². The zero-order valence-electron chi connectivity index (χ0n) is 14.7. The molecule has 0 aromatic heterocycles. The number of nitrogens with one attached hydrogen (secondary N) is 1. The van der Waals surface area contributed by atoms with Gasteiger partial charge in [-0.2, -0.15) is 0 Å². The van der Waals surface area contributed by atoms with Crippen LogP contribution in [-0.2, 0) is 4.79 Å². The van der Waals surface area contributed by atoms with E-state index in [4.69, 9.17) is 0 Å². The summed E-state index contributed by atoms with van der Waals surface area (Å²) in [7, 11) is 0. The Morgan fingerprint density at radius 3 is 2.32 bits per heavy atom. The van der Waals surface area contributed by atoms with Gasteiger partial charge in [-0.15, -0.1) is 0 Å². The zero-order chi connectivity index (χ0) is 17.8. The molecule has 3 amide bonds. The Morgan fingerprint density at radius 1 is 1.08 bits per heavy atom. The van der Waals surface area contributed by atoms with Crippen molar-refractivity contribution in [3.8, 4) is 0 Å². The summed E-state index contributed by atoms with van der Waals surface area (Å²) in [5, 5.41) is 3.12. The van der Waals surface area contributed by atoms with E-state index in [0.29, 0.717) is 13.1 Å². The van der Waals surface area contributed by atoms with Gasteiger partial charge in [0.15, 0.2) is 0 Å². The van der Waals surface area contributed by atoms with Gasteiger partial charge in [-0.05, 0) is 44.2 Å². The van der Waals surface area contributed by atoms with E-state index in [1.54, 1.807) is 0 Å². The Hall–Kier alpha value is -1.56. The number of carbonyl (C=O) groups excluding carboxylic acids is 2. The van der Waals surface area contributed by atoms with Crippen molar-refractivity contribution in [2.24, 2.45) is 5.92 Å². The number of hydrogen-bond donors (Lipinski definition) is 1. The van der Waals surface area contributed by atoms with Crippen molar-refractivity contribution >= 4 is 27.9 Å². The number of likely N-dealkylation sites (tertiary alicyclic amines) is 2. The fourth-order valence-corrected chi connectivity index (χ4v) is 4.30. The van der Waals surface area contributed by atoms with E-state index in [0.717, 1.165) is 48.8 Å². The van der Waals surface area contributed by atoms with Crippen LogP contribution in [0.3, 0.4) is 0 Å². The summed E-state index contributed by atoms with van der Waals surface area (Å²) in [5.74, 6) is 0.0871. The van der Waals surface area contributed by atoms with Crippen molar-refractivity contribution in [1.82, 2.24) is 15.1 Å². The van der Waals surface area contributed by atoms with Crippen LogP contribution in [0.15, 0.2) is 28.7 Å². The minimum absolute atomic E-state index is 0.00688. The predicted molar refractivity (Wildman–Crippen MR) is 101 cm³/mol. The van der Waals surface area contributed by atoms with Gasteiger partial charge >= 0.3 is 6.03 Å². The number of hydrogen-bond acceptors (Lipinski definition) is 2. The van der Waals surface area contributed by atoms with Crippen LogP contribution in [0, 0.1) is 5.92 Å². The molecule has 5 nitrogen and oxygen atoms in total. The van der Waals surface area contributed by atoms with Gasteiger partial charge in [0.25, 0.3) is 0 Å². The molecule has 2 aliphatic heterocycles. The smallest absolute Gasteiger partial charge is 0.319 e. The highest BCUT2D eigenvalue weighted by atomic mass is 79.9. The quantitative estimate of drug-likeness (QED) is 0.832. The molecule has 6 heteroatoms. The number of urea groups is 1. The number of benzene rings is 1.